The van der Waals surface area contributed by atoms with Crippen LogP contribution in [-0.2, 0) is 0 Å². The van der Waals surface area contributed by atoms with Crippen LogP contribution in [-0.4, -0.2) is 42.8 Å². The maximum absolute atomic E-state index is 5.98. The van der Waals surface area contributed by atoms with E-state index in [0.717, 1.165) is 25.9 Å². The number of rotatable bonds is 2. The van der Waals surface area contributed by atoms with Crippen molar-refractivity contribution in [2.75, 3.05) is 18.0 Å². The Hall–Kier alpha value is -1.76. The van der Waals surface area contributed by atoms with Crippen LogP contribution in [0.15, 0.2) is 12.7 Å². The molecule has 1 saturated heterocycles. The van der Waals surface area contributed by atoms with Gasteiger partial charge in [-0.05, 0) is 24.4 Å². The van der Waals surface area contributed by atoms with E-state index in [-0.39, 0.29) is 5.28 Å². The van der Waals surface area contributed by atoms with Crippen LogP contribution < -0.4 is 4.90 Å². The Morgan fingerprint density at radius 1 is 0.947 bits per heavy atom. The molecule has 1 aliphatic rings. The molecule has 2 aromatic heterocycles. The highest BCUT2D eigenvalue weighted by Crippen LogP contribution is 2.17. The van der Waals surface area contributed by atoms with Gasteiger partial charge in [-0.15, -0.1) is 0 Å². The quantitative estimate of drug-likeness (QED) is 0.829. The summed E-state index contributed by atoms with van der Waals surface area (Å²) in [7, 11) is 0. The fraction of sp³-hybridized carbons (Fsp3) is 0.545. The third kappa shape index (κ3) is 2.81. The number of nitrogens with zero attached hydrogens (tertiary/aromatic N) is 7. The number of anilines is 1. The molecule has 0 atom stereocenters. The Morgan fingerprint density at radius 2 is 1.68 bits per heavy atom. The highest BCUT2D eigenvalue weighted by Gasteiger charge is 2.15. The Bertz CT molecular complexity index is 534. The summed E-state index contributed by atoms with van der Waals surface area (Å²) < 4.78 is 1.48. The maximum atomic E-state index is 5.98. The average Bonchev–Trinajstić information content (AvgIpc) is 2.81. The molecule has 3 rings (SSSR count). The van der Waals surface area contributed by atoms with Crippen LogP contribution in [0.25, 0.3) is 5.95 Å². The first-order valence-electron chi connectivity index (χ1n) is 6.34. The van der Waals surface area contributed by atoms with Crippen LogP contribution in [0.3, 0.4) is 0 Å². The van der Waals surface area contributed by atoms with Crippen LogP contribution in [0, 0.1) is 0 Å². The molecule has 0 radical (unpaired) electrons. The zero-order valence-corrected chi connectivity index (χ0v) is 11.2. The predicted molar refractivity (Wildman–Crippen MR) is 70.4 cm³/mol. The van der Waals surface area contributed by atoms with Crippen LogP contribution >= 0.6 is 11.6 Å². The smallest absolute Gasteiger partial charge is 0.258 e. The lowest BCUT2D eigenvalue weighted by atomic mass is 10.2. The summed E-state index contributed by atoms with van der Waals surface area (Å²) in [5.41, 5.74) is 0. The molecule has 1 aliphatic heterocycles. The van der Waals surface area contributed by atoms with Gasteiger partial charge in [-0.3, -0.25) is 0 Å². The fourth-order valence-electron chi connectivity index (χ4n) is 2.16. The first-order valence-corrected chi connectivity index (χ1v) is 6.72. The standard InChI is InChI=1S/C11H14ClN7/c12-9-15-10(18-5-3-1-2-4-6-18)17-11(16-9)19-8-13-7-14-19/h7-8H,1-6H2. The van der Waals surface area contributed by atoms with Gasteiger partial charge in [0.15, 0.2) is 0 Å². The molecule has 0 amide bonds. The topological polar surface area (TPSA) is 72.6 Å². The van der Waals surface area contributed by atoms with E-state index in [0.29, 0.717) is 11.9 Å². The molecule has 0 unspecified atom stereocenters. The third-order valence-corrected chi connectivity index (χ3v) is 3.27. The fourth-order valence-corrected chi connectivity index (χ4v) is 2.31. The predicted octanol–water partition coefficient (Wildman–Crippen LogP) is 1.49. The zero-order chi connectivity index (χ0) is 13.1. The second kappa shape index (κ2) is 5.48. The van der Waals surface area contributed by atoms with Gasteiger partial charge in [-0.2, -0.15) is 24.7 Å². The molecule has 0 aliphatic carbocycles. The normalized spacial score (nSPS) is 16.4. The monoisotopic (exact) mass is 279 g/mol. The van der Waals surface area contributed by atoms with Crippen LogP contribution in [0.5, 0.6) is 0 Å². The van der Waals surface area contributed by atoms with Gasteiger partial charge in [-0.25, -0.2) is 4.98 Å². The van der Waals surface area contributed by atoms with E-state index >= 15 is 0 Å². The molecule has 0 N–H and O–H groups in total. The summed E-state index contributed by atoms with van der Waals surface area (Å²) in [5, 5.41) is 4.19. The van der Waals surface area contributed by atoms with Crippen molar-refractivity contribution in [1.29, 1.82) is 0 Å². The third-order valence-electron chi connectivity index (χ3n) is 3.10. The van der Waals surface area contributed by atoms with E-state index in [1.54, 1.807) is 0 Å². The summed E-state index contributed by atoms with van der Waals surface area (Å²) in [6.45, 7) is 1.91. The van der Waals surface area contributed by atoms with Crippen molar-refractivity contribution in [2.24, 2.45) is 0 Å². The van der Waals surface area contributed by atoms with Gasteiger partial charge in [0.2, 0.25) is 11.2 Å². The van der Waals surface area contributed by atoms with E-state index in [1.807, 2.05) is 0 Å². The van der Waals surface area contributed by atoms with Crippen LogP contribution in [0.4, 0.5) is 5.95 Å². The summed E-state index contributed by atoms with van der Waals surface area (Å²) >= 11 is 5.98. The van der Waals surface area contributed by atoms with Crippen molar-refractivity contribution in [3.63, 3.8) is 0 Å². The van der Waals surface area contributed by atoms with E-state index in [1.165, 1.54) is 30.2 Å². The summed E-state index contributed by atoms with van der Waals surface area (Å²) in [6.07, 6.45) is 7.79. The number of hydrogen-bond acceptors (Lipinski definition) is 6. The molecule has 19 heavy (non-hydrogen) atoms. The van der Waals surface area contributed by atoms with Gasteiger partial charge in [-0.1, -0.05) is 12.8 Å². The number of halogens is 1. The van der Waals surface area contributed by atoms with Gasteiger partial charge in [0.05, 0.1) is 0 Å². The SMILES string of the molecule is Clc1nc(N2CCCCCC2)nc(-n2cncn2)n1. The molecule has 0 bridgehead atoms. The largest absolute Gasteiger partial charge is 0.341 e. The molecule has 7 nitrogen and oxygen atoms in total. The average molecular weight is 280 g/mol. The van der Waals surface area contributed by atoms with Crippen LogP contribution in [0.2, 0.25) is 5.28 Å². The Balaban J connectivity index is 1.92. The minimum absolute atomic E-state index is 0.180. The first kappa shape index (κ1) is 12.3. The molecule has 0 aromatic carbocycles. The van der Waals surface area contributed by atoms with Gasteiger partial charge in [0, 0.05) is 13.1 Å². The van der Waals surface area contributed by atoms with Gasteiger partial charge in [0.25, 0.3) is 5.95 Å². The summed E-state index contributed by atoms with van der Waals surface area (Å²) in [5.74, 6) is 1.02. The second-order valence-electron chi connectivity index (χ2n) is 4.45. The number of hydrogen-bond donors (Lipinski definition) is 0. The molecule has 2 aromatic rings. The molecule has 1 fully saturated rings. The lowest BCUT2D eigenvalue weighted by Crippen LogP contribution is -2.26. The molecule has 0 saturated carbocycles. The van der Waals surface area contributed by atoms with Crippen molar-refractivity contribution < 1.29 is 0 Å². The van der Waals surface area contributed by atoms with Crippen LogP contribution in [0.1, 0.15) is 25.7 Å². The molecule has 0 spiro atoms. The van der Waals surface area contributed by atoms with Gasteiger partial charge in [0.1, 0.15) is 12.7 Å². The van der Waals surface area contributed by atoms with Gasteiger partial charge >= 0.3 is 0 Å². The van der Waals surface area contributed by atoms with Gasteiger partial charge < -0.3 is 4.90 Å². The molecule has 100 valence electrons. The molecule has 8 heteroatoms. The lowest BCUT2D eigenvalue weighted by molar-refractivity contribution is 0.726. The van der Waals surface area contributed by atoms with Crippen molar-refractivity contribution in [1.82, 2.24) is 29.7 Å². The zero-order valence-electron chi connectivity index (χ0n) is 10.4. The van der Waals surface area contributed by atoms with E-state index in [9.17, 15) is 0 Å². The van der Waals surface area contributed by atoms with Crippen molar-refractivity contribution >= 4 is 17.5 Å². The minimum atomic E-state index is 0.180. The van der Waals surface area contributed by atoms with Crippen molar-refractivity contribution in [3.05, 3.63) is 17.9 Å². The van der Waals surface area contributed by atoms with E-state index in [2.05, 4.69) is 29.9 Å². The maximum Gasteiger partial charge on any atom is 0.258 e. The summed E-state index contributed by atoms with van der Waals surface area (Å²) in [6, 6.07) is 0. The lowest BCUT2D eigenvalue weighted by Gasteiger charge is -2.20. The first-order chi connectivity index (χ1) is 9.33. The van der Waals surface area contributed by atoms with E-state index in [4.69, 9.17) is 11.6 Å². The Morgan fingerprint density at radius 3 is 2.37 bits per heavy atom. The minimum Gasteiger partial charge on any atom is -0.341 e. The summed E-state index contributed by atoms with van der Waals surface area (Å²) in [4.78, 5) is 18.7. The highest BCUT2D eigenvalue weighted by atomic mass is 35.5. The molecular formula is C11H14ClN7. The van der Waals surface area contributed by atoms with Crippen molar-refractivity contribution in [3.8, 4) is 5.95 Å². The Labute approximate surface area is 115 Å². The second-order valence-corrected chi connectivity index (χ2v) is 4.78. The molecular weight excluding hydrogens is 266 g/mol. The molecule has 3 heterocycles. The number of aromatic nitrogens is 6. The highest BCUT2D eigenvalue weighted by molar-refractivity contribution is 6.28. The van der Waals surface area contributed by atoms with E-state index < -0.39 is 0 Å². The van der Waals surface area contributed by atoms with Crippen molar-refractivity contribution in [2.45, 2.75) is 25.7 Å². The Kier molecular flexibility index (Phi) is 3.54.